The molecule has 1 aliphatic heterocycles. The minimum Gasteiger partial charge on any atom is -0.396 e. The zero-order valence-electron chi connectivity index (χ0n) is 12.2. The van der Waals surface area contributed by atoms with Crippen LogP contribution >= 0.6 is 27.3 Å². The van der Waals surface area contributed by atoms with Crippen LogP contribution in [0.1, 0.15) is 17.7 Å². The summed E-state index contributed by atoms with van der Waals surface area (Å²) in [5.41, 5.74) is 0. The van der Waals surface area contributed by atoms with E-state index in [1.165, 1.54) is 4.88 Å². The number of anilines is 2. The molecular weight excluding hydrogens is 364 g/mol. The van der Waals surface area contributed by atoms with E-state index in [2.05, 4.69) is 47.6 Å². The molecule has 5 nitrogen and oxygen atoms in total. The van der Waals surface area contributed by atoms with Crippen LogP contribution in [0.3, 0.4) is 0 Å². The third-order valence-corrected chi connectivity index (χ3v) is 5.52. The van der Waals surface area contributed by atoms with Crippen LogP contribution in [0.2, 0.25) is 0 Å². The molecule has 0 amide bonds. The average molecular weight is 383 g/mol. The molecule has 0 saturated carbocycles. The van der Waals surface area contributed by atoms with Crippen molar-refractivity contribution in [1.82, 2.24) is 9.97 Å². The Kier molecular flexibility index (Phi) is 5.28. The molecule has 1 atom stereocenters. The second-order valence-corrected chi connectivity index (χ2v) is 7.39. The smallest absolute Gasteiger partial charge is 0.134 e. The lowest BCUT2D eigenvalue weighted by Gasteiger charge is -2.32. The summed E-state index contributed by atoms with van der Waals surface area (Å²) in [7, 11) is 0. The zero-order chi connectivity index (χ0) is 15.4. The van der Waals surface area contributed by atoms with E-state index >= 15 is 0 Å². The molecule has 118 valence electrons. The van der Waals surface area contributed by atoms with Crippen LogP contribution < -0.4 is 10.2 Å². The summed E-state index contributed by atoms with van der Waals surface area (Å²) >= 11 is 5.18. The Morgan fingerprint density at radius 3 is 3.09 bits per heavy atom. The molecule has 0 bridgehead atoms. The van der Waals surface area contributed by atoms with E-state index in [0.717, 1.165) is 48.6 Å². The molecule has 1 saturated heterocycles. The fourth-order valence-corrected chi connectivity index (χ4v) is 4.05. The number of hydrogen-bond acceptors (Lipinski definition) is 6. The van der Waals surface area contributed by atoms with Gasteiger partial charge in [0.05, 0.1) is 6.54 Å². The number of aliphatic hydroxyl groups excluding tert-OH is 1. The minimum absolute atomic E-state index is 0.250. The highest BCUT2D eigenvalue weighted by Gasteiger charge is 2.20. The predicted molar refractivity (Wildman–Crippen MR) is 93.4 cm³/mol. The number of hydrogen-bond donors (Lipinski definition) is 2. The molecule has 1 unspecified atom stereocenters. The molecule has 2 N–H and O–H groups in total. The van der Waals surface area contributed by atoms with Gasteiger partial charge in [-0.1, -0.05) is 0 Å². The standard InChI is InChI=1S/C15H19BrN4OS/c16-12-4-13(22-9-12)6-17-14-5-15(19-10-18-14)20-3-1-2-11(7-20)8-21/h4-5,9-11,21H,1-3,6-8H2,(H,17,18,19). The maximum Gasteiger partial charge on any atom is 0.134 e. The van der Waals surface area contributed by atoms with Crippen LogP contribution in [-0.2, 0) is 6.54 Å². The lowest BCUT2D eigenvalue weighted by Crippen LogP contribution is -2.37. The van der Waals surface area contributed by atoms with Crippen LogP contribution in [0.5, 0.6) is 0 Å². The highest BCUT2D eigenvalue weighted by atomic mass is 79.9. The predicted octanol–water partition coefficient (Wildman–Crippen LogP) is 3.12. The molecule has 0 aliphatic carbocycles. The second kappa shape index (κ2) is 7.39. The lowest BCUT2D eigenvalue weighted by molar-refractivity contribution is 0.208. The van der Waals surface area contributed by atoms with Gasteiger partial charge in [-0.3, -0.25) is 0 Å². The van der Waals surface area contributed by atoms with E-state index in [9.17, 15) is 5.11 Å². The van der Waals surface area contributed by atoms with E-state index in [-0.39, 0.29) is 6.61 Å². The van der Waals surface area contributed by atoms with Crippen molar-refractivity contribution >= 4 is 38.9 Å². The molecule has 7 heteroatoms. The number of aliphatic hydroxyl groups is 1. The van der Waals surface area contributed by atoms with Crippen LogP contribution in [0, 0.1) is 5.92 Å². The van der Waals surface area contributed by atoms with E-state index in [0.29, 0.717) is 5.92 Å². The maximum absolute atomic E-state index is 9.35. The first-order valence-electron chi connectivity index (χ1n) is 7.39. The Morgan fingerprint density at radius 1 is 1.41 bits per heavy atom. The number of nitrogens with zero attached hydrogens (tertiary/aromatic N) is 3. The molecule has 2 aromatic rings. The molecule has 2 aromatic heterocycles. The van der Waals surface area contributed by atoms with Crippen molar-refractivity contribution < 1.29 is 5.11 Å². The van der Waals surface area contributed by atoms with Gasteiger partial charge in [0.25, 0.3) is 0 Å². The fraction of sp³-hybridized carbons (Fsp3) is 0.467. The molecule has 3 heterocycles. The van der Waals surface area contributed by atoms with Gasteiger partial charge in [0, 0.05) is 40.5 Å². The van der Waals surface area contributed by atoms with Gasteiger partial charge in [-0.25, -0.2) is 9.97 Å². The molecule has 0 aromatic carbocycles. The summed E-state index contributed by atoms with van der Waals surface area (Å²) in [5, 5.41) is 14.8. The van der Waals surface area contributed by atoms with Gasteiger partial charge in [-0.15, -0.1) is 11.3 Å². The highest BCUT2D eigenvalue weighted by molar-refractivity contribution is 9.10. The third kappa shape index (κ3) is 3.97. The Morgan fingerprint density at radius 2 is 2.32 bits per heavy atom. The summed E-state index contributed by atoms with van der Waals surface area (Å²) in [6.07, 6.45) is 3.79. The van der Waals surface area contributed by atoms with Gasteiger partial charge in [-0.05, 0) is 40.8 Å². The number of halogens is 1. The molecule has 1 fully saturated rings. The molecule has 3 rings (SSSR count). The normalized spacial score (nSPS) is 18.5. The SMILES string of the molecule is OCC1CCCN(c2cc(NCc3cc(Br)cs3)ncn2)C1. The van der Waals surface area contributed by atoms with Crippen LogP contribution in [0.15, 0.2) is 28.3 Å². The Balaban J connectivity index is 1.64. The molecule has 1 aliphatic rings. The first-order chi connectivity index (χ1) is 10.7. The lowest BCUT2D eigenvalue weighted by atomic mass is 9.99. The van der Waals surface area contributed by atoms with E-state index in [1.807, 2.05) is 6.07 Å². The largest absolute Gasteiger partial charge is 0.396 e. The van der Waals surface area contributed by atoms with Gasteiger partial charge < -0.3 is 15.3 Å². The molecule has 0 radical (unpaired) electrons. The number of thiophene rings is 1. The molecule has 0 spiro atoms. The van der Waals surface area contributed by atoms with Crippen LogP contribution in [0.4, 0.5) is 11.6 Å². The maximum atomic E-state index is 9.35. The summed E-state index contributed by atoms with van der Waals surface area (Å²) in [6.45, 7) is 2.86. The summed E-state index contributed by atoms with van der Waals surface area (Å²) in [4.78, 5) is 12.2. The monoisotopic (exact) mass is 382 g/mol. The zero-order valence-corrected chi connectivity index (χ0v) is 14.6. The van der Waals surface area contributed by atoms with Gasteiger partial charge in [-0.2, -0.15) is 0 Å². The summed E-state index contributed by atoms with van der Waals surface area (Å²) < 4.78 is 1.11. The highest BCUT2D eigenvalue weighted by Crippen LogP contribution is 2.24. The summed E-state index contributed by atoms with van der Waals surface area (Å²) in [6, 6.07) is 4.10. The van der Waals surface area contributed by atoms with E-state index < -0.39 is 0 Å². The van der Waals surface area contributed by atoms with Crippen molar-refractivity contribution in [2.45, 2.75) is 19.4 Å². The van der Waals surface area contributed by atoms with E-state index in [1.54, 1.807) is 17.7 Å². The molecule has 22 heavy (non-hydrogen) atoms. The van der Waals surface area contributed by atoms with Crippen molar-refractivity contribution in [1.29, 1.82) is 0 Å². The summed E-state index contributed by atoms with van der Waals surface area (Å²) in [5.74, 6) is 2.12. The Bertz CT molecular complexity index is 621. The van der Waals surface area contributed by atoms with Crippen molar-refractivity contribution in [2.24, 2.45) is 5.92 Å². The Labute approximate surface area is 142 Å². The van der Waals surface area contributed by atoms with E-state index in [4.69, 9.17) is 0 Å². The number of piperidine rings is 1. The van der Waals surface area contributed by atoms with Gasteiger partial charge in [0.15, 0.2) is 0 Å². The first kappa shape index (κ1) is 15.7. The Hall–Kier alpha value is -1.18. The van der Waals surface area contributed by atoms with Gasteiger partial charge >= 0.3 is 0 Å². The first-order valence-corrected chi connectivity index (χ1v) is 9.06. The van der Waals surface area contributed by atoms with Gasteiger partial charge in [0.1, 0.15) is 18.0 Å². The van der Waals surface area contributed by atoms with Crippen LogP contribution in [-0.4, -0.2) is 34.8 Å². The van der Waals surface area contributed by atoms with Crippen molar-refractivity contribution in [2.75, 3.05) is 29.9 Å². The van der Waals surface area contributed by atoms with Crippen molar-refractivity contribution in [3.8, 4) is 0 Å². The molecular formula is C15H19BrN4OS. The second-order valence-electron chi connectivity index (χ2n) is 5.48. The van der Waals surface area contributed by atoms with Crippen molar-refractivity contribution in [3.05, 3.63) is 33.2 Å². The number of aromatic nitrogens is 2. The number of nitrogens with one attached hydrogen (secondary N) is 1. The topological polar surface area (TPSA) is 61.3 Å². The fourth-order valence-electron chi connectivity index (χ4n) is 2.66. The number of rotatable bonds is 5. The van der Waals surface area contributed by atoms with Crippen LogP contribution in [0.25, 0.3) is 0 Å². The average Bonchev–Trinajstić information content (AvgIpc) is 2.99. The quantitative estimate of drug-likeness (QED) is 0.831. The third-order valence-electron chi connectivity index (χ3n) is 3.82. The minimum atomic E-state index is 0.250. The van der Waals surface area contributed by atoms with Gasteiger partial charge in [0.2, 0.25) is 0 Å². The van der Waals surface area contributed by atoms with Crippen molar-refractivity contribution in [3.63, 3.8) is 0 Å².